The number of hydrogen-bond acceptors (Lipinski definition) is 2. The molecule has 0 atom stereocenters. The molecule has 0 bridgehead atoms. The smallest absolute Gasteiger partial charge is 0.305 e. The topological polar surface area (TPSA) is 26.3 Å². The van der Waals surface area contributed by atoms with Gasteiger partial charge in [0, 0.05) is 6.42 Å². The van der Waals surface area contributed by atoms with Gasteiger partial charge in [-0.1, -0.05) is 226 Å². The third kappa shape index (κ3) is 35.9. The Morgan fingerprint density at radius 1 is 0.364 bits per heavy atom. The number of carbonyl (C=O) groups is 1. The predicted molar refractivity (Wildman–Crippen MR) is 198 cm³/mol. The highest BCUT2D eigenvalue weighted by molar-refractivity contribution is 5.69. The zero-order valence-corrected chi connectivity index (χ0v) is 31.1. The summed E-state index contributed by atoms with van der Waals surface area (Å²) in [7, 11) is 0. The van der Waals surface area contributed by atoms with Crippen molar-refractivity contribution in [1.82, 2.24) is 0 Å². The molecule has 0 aliphatic carbocycles. The van der Waals surface area contributed by atoms with Crippen molar-refractivity contribution in [2.24, 2.45) is 5.92 Å². The van der Waals surface area contributed by atoms with Gasteiger partial charge in [0.05, 0.1) is 6.61 Å². The summed E-state index contributed by atoms with van der Waals surface area (Å²) in [5, 5.41) is 0. The van der Waals surface area contributed by atoms with Gasteiger partial charge in [-0.15, -0.1) is 0 Å². The predicted octanol–water partition coefficient (Wildman–Crippen LogP) is 15.2. The Morgan fingerprint density at radius 2 is 0.636 bits per heavy atom. The first-order chi connectivity index (χ1) is 21.7. The van der Waals surface area contributed by atoms with E-state index in [0.717, 1.165) is 31.6 Å². The van der Waals surface area contributed by atoms with E-state index < -0.39 is 0 Å². The lowest BCUT2D eigenvalue weighted by Gasteiger charge is -2.17. The molecule has 0 N–H and O–H groups in total. The normalized spacial score (nSPS) is 11.5. The monoisotopic (exact) mass is 621 g/mol. The van der Waals surface area contributed by atoms with Crippen LogP contribution < -0.4 is 0 Å². The fourth-order valence-electron chi connectivity index (χ4n) is 6.84. The van der Waals surface area contributed by atoms with Crippen LogP contribution in [0.25, 0.3) is 0 Å². The molecule has 2 nitrogen and oxygen atoms in total. The first-order valence-corrected chi connectivity index (χ1v) is 20.9. The van der Waals surface area contributed by atoms with E-state index in [4.69, 9.17) is 4.74 Å². The molecule has 0 saturated heterocycles. The minimum absolute atomic E-state index is 0.0222. The number of ether oxygens (including phenoxy) is 1. The van der Waals surface area contributed by atoms with Crippen LogP contribution >= 0.6 is 0 Å². The maximum absolute atomic E-state index is 12.0. The van der Waals surface area contributed by atoms with Crippen LogP contribution in [-0.2, 0) is 9.53 Å². The third-order valence-corrected chi connectivity index (χ3v) is 9.94. The average molecular weight is 621 g/mol. The van der Waals surface area contributed by atoms with Crippen molar-refractivity contribution in [3.05, 3.63) is 0 Å². The van der Waals surface area contributed by atoms with Crippen LogP contribution in [0.4, 0.5) is 0 Å². The SMILES string of the molecule is CCCCCCCCCCCCCCCCC(CCCCCCCCCCCCCCCC)CCCOC(=O)CCCCC. The fraction of sp³-hybridized carbons (Fsp3) is 0.976. The quantitative estimate of drug-likeness (QED) is 0.0507. The largest absolute Gasteiger partial charge is 0.466 e. The molecule has 0 aromatic rings. The highest BCUT2D eigenvalue weighted by atomic mass is 16.5. The van der Waals surface area contributed by atoms with Crippen LogP contribution in [-0.4, -0.2) is 12.6 Å². The van der Waals surface area contributed by atoms with E-state index in [1.54, 1.807) is 0 Å². The second-order valence-corrected chi connectivity index (χ2v) is 14.5. The Kier molecular flexibility index (Phi) is 38.2. The molecule has 0 unspecified atom stereocenters. The van der Waals surface area contributed by atoms with Gasteiger partial charge in [0.25, 0.3) is 0 Å². The molecule has 2 heteroatoms. The van der Waals surface area contributed by atoms with E-state index in [2.05, 4.69) is 20.8 Å². The van der Waals surface area contributed by atoms with Crippen molar-refractivity contribution in [3.63, 3.8) is 0 Å². The lowest BCUT2D eigenvalue weighted by Crippen LogP contribution is -2.08. The van der Waals surface area contributed by atoms with Crippen molar-refractivity contribution >= 4 is 5.97 Å². The second kappa shape index (κ2) is 38.7. The first-order valence-electron chi connectivity index (χ1n) is 20.9. The van der Waals surface area contributed by atoms with Gasteiger partial charge in [0.15, 0.2) is 0 Å². The standard InChI is InChI=1S/C42H84O2/c1-4-7-10-12-14-16-18-20-22-24-26-28-30-33-36-41(38-35-40-44-42(43)39-32-9-6-3)37-34-31-29-27-25-23-21-19-17-15-13-11-8-5-2/h41H,4-40H2,1-3H3. The van der Waals surface area contributed by atoms with Crippen LogP contribution in [0.2, 0.25) is 0 Å². The van der Waals surface area contributed by atoms with Crippen molar-refractivity contribution in [2.75, 3.05) is 6.61 Å². The van der Waals surface area contributed by atoms with Crippen LogP contribution in [0.3, 0.4) is 0 Å². The maximum atomic E-state index is 12.0. The van der Waals surface area contributed by atoms with Gasteiger partial charge < -0.3 is 4.74 Å². The molecule has 44 heavy (non-hydrogen) atoms. The molecule has 0 radical (unpaired) electrons. The van der Waals surface area contributed by atoms with Crippen molar-refractivity contribution < 1.29 is 9.53 Å². The highest BCUT2D eigenvalue weighted by Gasteiger charge is 2.10. The minimum atomic E-state index is 0.0222. The summed E-state index contributed by atoms with van der Waals surface area (Å²) in [6.45, 7) is 7.43. The fourth-order valence-corrected chi connectivity index (χ4v) is 6.84. The summed E-state index contributed by atoms with van der Waals surface area (Å²) < 4.78 is 5.55. The van der Waals surface area contributed by atoms with Gasteiger partial charge >= 0.3 is 5.97 Å². The first kappa shape index (κ1) is 43.5. The minimum Gasteiger partial charge on any atom is -0.466 e. The molecule has 0 amide bonds. The van der Waals surface area contributed by atoms with Gasteiger partial charge in [0.2, 0.25) is 0 Å². The molecular weight excluding hydrogens is 536 g/mol. The summed E-state index contributed by atoms with van der Waals surface area (Å²) in [5.74, 6) is 0.859. The van der Waals surface area contributed by atoms with Crippen LogP contribution in [0.5, 0.6) is 0 Å². The molecule has 0 rings (SSSR count). The van der Waals surface area contributed by atoms with Gasteiger partial charge in [-0.2, -0.15) is 0 Å². The molecular formula is C42H84O2. The van der Waals surface area contributed by atoms with Crippen molar-refractivity contribution in [3.8, 4) is 0 Å². The highest BCUT2D eigenvalue weighted by Crippen LogP contribution is 2.24. The van der Waals surface area contributed by atoms with Gasteiger partial charge in [-0.25, -0.2) is 0 Å². The Balaban J connectivity index is 3.92. The molecule has 0 saturated carbocycles. The molecule has 0 spiro atoms. The molecule has 264 valence electrons. The zero-order valence-electron chi connectivity index (χ0n) is 31.1. The molecule has 0 fully saturated rings. The summed E-state index contributed by atoms with van der Waals surface area (Å²) in [5.41, 5.74) is 0. The number of hydrogen-bond donors (Lipinski definition) is 0. The van der Waals surface area contributed by atoms with Gasteiger partial charge in [-0.05, 0) is 25.2 Å². The van der Waals surface area contributed by atoms with Crippen LogP contribution in [0.1, 0.15) is 252 Å². The summed E-state index contributed by atoms with van der Waals surface area (Å²) in [4.78, 5) is 12.0. The Morgan fingerprint density at radius 3 is 0.977 bits per heavy atom. The van der Waals surface area contributed by atoms with Crippen LogP contribution in [0, 0.1) is 5.92 Å². The lowest BCUT2D eigenvalue weighted by molar-refractivity contribution is -0.144. The Hall–Kier alpha value is -0.530. The Labute approximate surface area is 279 Å². The molecule has 0 aliphatic heterocycles. The van der Waals surface area contributed by atoms with E-state index in [-0.39, 0.29) is 5.97 Å². The average Bonchev–Trinajstić information content (AvgIpc) is 3.03. The van der Waals surface area contributed by atoms with E-state index in [0.29, 0.717) is 13.0 Å². The van der Waals surface area contributed by atoms with E-state index >= 15 is 0 Å². The van der Waals surface area contributed by atoms with E-state index in [1.165, 1.54) is 199 Å². The van der Waals surface area contributed by atoms with Crippen molar-refractivity contribution in [1.29, 1.82) is 0 Å². The molecule has 0 aromatic carbocycles. The zero-order chi connectivity index (χ0) is 32.0. The summed E-state index contributed by atoms with van der Waals surface area (Å²) in [6.07, 6.45) is 49.2. The number of esters is 1. The molecule has 0 heterocycles. The molecule has 0 aromatic heterocycles. The maximum Gasteiger partial charge on any atom is 0.305 e. The van der Waals surface area contributed by atoms with Crippen LogP contribution in [0.15, 0.2) is 0 Å². The second-order valence-electron chi connectivity index (χ2n) is 14.5. The summed E-state index contributed by atoms with van der Waals surface area (Å²) in [6, 6.07) is 0. The molecule has 0 aliphatic rings. The number of rotatable bonds is 38. The lowest BCUT2D eigenvalue weighted by atomic mass is 9.90. The van der Waals surface area contributed by atoms with E-state index in [1.807, 2.05) is 0 Å². The van der Waals surface area contributed by atoms with Gasteiger partial charge in [0.1, 0.15) is 0 Å². The van der Waals surface area contributed by atoms with Gasteiger partial charge in [-0.3, -0.25) is 4.79 Å². The third-order valence-electron chi connectivity index (χ3n) is 9.94. The van der Waals surface area contributed by atoms with E-state index in [9.17, 15) is 4.79 Å². The summed E-state index contributed by atoms with van der Waals surface area (Å²) >= 11 is 0. The van der Waals surface area contributed by atoms with Crippen molar-refractivity contribution in [2.45, 2.75) is 252 Å². The number of carbonyl (C=O) groups excluding carboxylic acids is 1. The Bertz CT molecular complexity index is 498. The number of unbranched alkanes of at least 4 members (excludes halogenated alkanes) is 28.